The Morgan fingerprint density at radius 3 is 2.53 bits per heavy atom. The molecule has 0 fully saturated rings. The monoisotopic (exact) mass is 394 g/mol. The fraction of sp³-hybridized carbons (Fsp3) is 0.0909. The Morgan fingerprint density at radius 1 is 1.29 bits per heavy atom. The van der Waals surface area contributed by atoms with Crippen molar-refractivity contribution in [2.75, 3.05) is 0 Å². The van der Waals surface area contributed by atoms with Crippen LogP contribution >= 0.6 is 54.8 Å². The fourth-order valence-electron chi connectivity index (χ4n) is 1.54. The van der Waals surface area contributed by atoms with Crippen molar-refractivity contribution in [1.82, 2.24) is 5.43 Å². The maximum absolute atomic E-state index is 6.18. The van der Waals surface area contributed by atoms with Crippen LogP contribution in [0.2, 0.25) is 5.02 Å². The third-order valence-electron chi connectivity index (χ3n) is 2.33. The topological polar surface area (TPSA) is 38.0 Å². The number of hydrazine groups is 1. The molecule has 1 aromatic heterocycles. The van der Waals surface area contributed by atoms with E-state index in [-0.39, 0.29) is 6.04 Å². The summed E-state index contributed by atoms with van der Waals surface area (Å²) in [4.78, 5) is 1.10. The van der Waals surface area contributed by atoms with Crippen LogP contribution in [-0.4, -0.2) is 0 Å². The highest BCUT2D eigenvalue weighted by Crippen LogP contribution is 2.38. The first kappa shape index (κ1) is 13.5. The molecule has 1 heterocycles. The quantitative estimate of drug-likeness (QED) is 0.593. The molecule has 0 saturated carbocycles. The van der Waals surface area contributed by atoms with Gasteiger partial charge in [0.2, 0.25) is 0 Å². The van der Waals surface area contributed by atoms with Crippen molar-refractivity contribution in [3.63, 3.8) is 0 Å². The van der Waals surface area contributed by atoms with E-state index in [0.717, 1.165) is 18.7 Å². The second-order valence-corrected chi connectivity index (χ2v) is 7.05. The summed E-state index contributed by atoms with van der Waals surface area (Å²) in [6, 6.07) is 9.61. The lowest BCUT2D eigenvalue weighted by Crippen LogP contribution is -2.28. The molecule has 0 aliphatic carbocycles. The second kappa shape index (κ2) is 5.82. The molecule has 1 atom stereocenters. The predicted molar refractivity (Wildman–Crippen MR) is 80.3 cm³/mol. The van der Waals surface area contributed by atoms with Gasteiger partial charge in [-0.15, -0.1) is 11.3 Å². The Bertz CT molecular complexity index is 510. The van der Waals surface area contributed by atoms with Crippen molar-refractivity contribution < 1.29 is 0 Å². The molecule has 0 aliphatic heterocycles. The van der Waals surface area contributed by atoms with Crippen molar-refractivity contribution in [3.8, 4) is 0 Å². The Balaban J connectivity index is 2.44. The lowest BCUT2D eigenvalue weighted by Gasteiger charge is -2.15. The van der Waals surface area contributed by atoms with Gasteiger partial charge in [0.05, 0.1) is 9.83 Å². The van der Waals surface area contributed by atoms with E-state index >= 15 is 0 Å². The van der Waals surface area contributed by atoms with E-state index in [9.17, 15) is 0 Å². The van der Waals surface area contributed by atoms with Gasteiger partial charge < -0.3 is 0 Å². The first-order valence-corrected chi connectivity index (χ1v) is 7.57. The number of thiophene rings is 1. The molecule has 0 radical (unpaired) electrons. The summed E-state index contributed by atoms with van der Waals surface area (Å²) in [6.45, 7) is 0. The molecular formula is C11H9Br2ClN2S. The van der Waals surface area contributed by atoms with Crippen LogP contribution < -0.4 is 11.3 Å². The summed E-state index contributed by atoms with van der Waals surface area (Å²) in [5, 5.41) is 0.705. The predicted octanol–water partition coefficient (Wildman–Crippen LogP) is 4.48. The first-order chi connectivity index (χ1) is 8.13. The van der Waals surface area contributed by atoms with Crippen LogP contribution in [0.5, 0.6) is 0 Å². The largest absolute Gasteiger partial charge is 0.271 e. The fourth-order valence-corrected chi connectivity index (χ4v) is 3.95. The van der Waals surface area contributed by atoms with Gasteiger partial charge in [0.15, 0.2) is 0 Å². The van der Waals surface area contributed by atoms with Crippen LogP contribution in [0.15, 0.2) is 38.6 Å². The van der Waals surface area contributed by atoms with E-state index in [0.29, 0.717) is 5.02 Å². The van der Waals surface area contributed by atoms with Crippen molar-refractivity contribution >= 4 is 54.8 Å². The molecule has 3 N–H and O–H groups in total. The van der Waals surface area contributed by atoms with Crippen LogP contribution in [0.3, 0.4) is 0 Å². The number of rotatable bonds is 3. The van der Waals surface area contributed by atoms with E-state index in [1.807, 2.05) is 30.3 Å². The van der Waals surface area contributed by atoms with E-state index in [1.165, 1.54) is 0 Å². The SMILES string of the molecule is NNC(c1cc(Br)c(Br)s1)c1ccccc1Cl. The minimum Gasteiger partial charge on any atom is -0.271 e. The maximum Gasteiger partial charge on any atom is 0.0843 e. The second-order valence-electron chi connectivity index (χ2n) is 3.39. The smallest absolute Gasteiger partial charge is 0.0843 e. The van der Waals surface area contributed by atoms with Crippen LogP contribution in [0.25, 0.3) is 0 Å². The van der Waals surface area contributed by atoms with Crippen LogP contribution in [0, 0.1) is 0 Å². The average molecular weight is 397 g/mol. The Labute approximate surface area is 125 Å². The number of hydrogen-bond donors (Lipinski definition) is 2. The third kappa shape index (κ3) is 2.92. The summed E-state index contributed by atoms with van der Waals surface area (Å²) < 4.78 is 2.06. The number of benzene rings is 1. The molecule has 2 rings (SSSR count). The molecule has 1 unspecified atom stereocenters. The van der Waals surface area contributed by atoms with Crippen molar-refractivity contribution in [3.05, 3.63) is 54.1 Å². The highest BCUT2D eigenvalue weighted by molar-refractivity contribution is 9.13. The molecule has 90 valence electrons. The highest BCUT2D eigenvalue weighted by atomic mass is 79.9. The van der Waals surface area contributed by atoms with E-state index < -0.39 is 0 Å². The zero-order chi connectivity index (χ0) is 12.4. The van der Waals surface area contributed by atoms with Gasteiger partial charge in [-0.3, -0.25) is 5.84 Å². The standard InChI is InChI=1S/C11H9Br2ClN2S/c12-7-5-9(17-11(7)13)10(16-15)6-3-1-2-4-8(6)14/h1-5,10,16H,15H2. The van der Waals surface area contributed by atoms with Gasteiger partial charge in [0, 0.05) is 14.4 Å². The molecule has 17 heavy (non-hydrogen) atoms. The highest BCUT2D eigenvalue weighted by Gasteiger charge is 2.18. The van der Waals surface area contributed by atoms with E-state index in [4.69, 9.17) is 17.4 Å². The molecule has 0 spiro atoms. The number of nitrogens with one attached hydrogen (secondary N) is 1. The lowest BCUT2D eigenvalue weighted by atomic mass is 10.1. The van der Waals surface area contributed by atoms with Gasteiger partial charge in [0.1, 0.15) is 0 Å². The summed E-state index contributed by atoms with van der Waals surface area (Å²) >= 11 is 14.7. The van der Waals surface area contributed by atoms with Crippen molar-refractivity contribution in [2.45, 2.75) is 6.04 Å². The molecule has 2 nitrogen and oxygen atoms in total. The normalized spacial score (nSPS) is 12.7. The Morgan fingerprint density at radius 2 is 2.00 bits per heavy atom. The van der Waals surface area contributed by atoms with Crippen LogP contribution in [0.4, 0.5) is 0 Å². The first-order valence-electron chi connectivity index (χ1n) is 4.78. The molecule has 2 aromatic rings. The summed E-state index contributed by atoms with van der Waals surface area (Å²) in [5.74, 6) is 5.63. The average Bonchev–Trinajstić information content (AvgIpc) is 2.63. The lowest BCUT2D eigenvalue weighted by molar-refractivity contribution is 0.646. The third-order valence-corrected chi connectivity index (χ3v) is 6.00. The zero-order valence-electron chi connectivity index (χ0n) is 8.58. The van der Waals surface area contributed by atoms with Crippen LogP contribution in [-0.2, 0) is 0 Å². The summed E-state index contributed by atoms with van der Waals surface area (Å²) in [6.07, 6.45) is 0. The Hall–Kier alpha value is 0.0900. The van der Waals surface area contributed by atoms with Gasteiger partial charge in [-0.2, -0.15) is 0 Å². The maximum atomic E-state index is 6.18. The van der Waals surface area contributed by atoms with Gasteiger partial charge >= 0.3 is 0 Å². The van der Waals surface area contributed by atoms with Crippen molar-refractivity contribution in [2.24, 2.45) is 5.84 Å². The van der Waals surface area contributed by atoms with Gasteiger partial charge in [-0.1, -0.05) is 29.8 Å². The number of hydrogen-bond acceptors (Lipinski definition) is 3. The molecule has 0 bridgehead atoms. The summed E-state index contributed by atoms with van der Waals surface area (Å²) in [7, 11) is 0. The minimum absolute atomic E-state index is 0.101. The molecular weight excluding hydrogens is 387 g/mol. The summed E-state index contributed by atoms with van der Waals surface area (Å²) in [5.41, 5.74) is 3.77. The van der Waals surface area contributed by atoms with E-state index in [2.05, 4.69) is 37.3 Å². The number of halogens is 3. The zero-order valence-corrected chi connectivity index (χ0v) is 13.3. The minimum atomic E-state index is -0.101. The molecule has 6 heteroatoms. The van der Waals surface area contributed by atoms with E-state index in [1.54, 1.807) is 11.3 Å². The molecule has 0 aliphatic rings. The molecule has 0 saturated heterocycles. The Kier molecular flexibility index (Phi) is 4.63. The van der Waals surface area contributed by atoms with Gasteiger partial charge in [0.25, 0.3) is 0 Å². The van der Waals surface area contributed by atoms with Gasteiger partial charge in [-0.25, -0.2) is 5.43 Å². The number of nitrogens with two attached hydrogens (primary N) is 1. The van der Waals surface area contributed by atoms with Crippen LogP contribution in [0.1, 0.15) is 16.5 Å². The van der Waals surface area contributed by atoms with Crippen molar-refractivity contribution in [1.29, 1.82) is 0 Å². The van der Waals surface area contributed by atoms with Gasteiger partial charge in [-0.05, 0) is 49.6 Å². The molecule has 1 aromatic carbocycles. The molecule has 0 amide bonds.